The number of thiophene rings is 1. The number of amides is 1. The van der Waals surface area contributed by atoms with E-state index in [-0.39, 0.29) is 25.0 Å². The number of carbonyl (C=O) groups is 2. The van der Waals surface area contributed by atoms with Gasteiger partial charge in [-0.25, -0.2) is 0 Å². The highest BCUT2D eigenvalue weighted by atomic mass is 32.1. The van der Waals surface area contributed by atoms with Gasteiger partial charge in [-0.1, -0.05) is 31.4 Å². The van der Waals surface area contributed by atoms with Crippen LogP contribution < -0.4 is 4.74 Å². The van der Waals surface area contributed by atoms with Gasteiger partial charge in [0, 0.05) is 34.8 Å². The standard InChI is InChI=1S/C30H32F3NO4S/c1-19-18-25(20-8-12-23(13-9-20)30(31,32)33)39-28(19)27(21-6-4-3-5-7-21)38-24-14-10-22(11-15-24)29(37)34(2)17-16-26(35)36/h8-15,18,21,27H,3-7,16-17H2,1-2H3,(H,35,36). The van der Waals surface area contributed by atoms with Gasteiger partial charge in [0.2, 0.25) is 0 Å². The summed E-state index contributed by atoms with van der Waals surface area (Å²) in [7, 11) is 1.57. The van der Waals surface area contributed by atoms with Crippen LogP contribution in [-0.4, -0.2) is 35.5 Å². The number of aliphatic carboxylic acids is 1. The van der Waals surface area contributed by atoms with E-state index in [1.807, 2.05) is 13.0 Å². The van der Waals surface area contributed by atoms with E-state index in [9.17, 15) is 22.8 Å². The molecule has 2 aromatic carbocycles. The molecule has 5 nitrogen and oxygen atoms in total. The Bertz CT molecular complexity index is 1280. The molecule has 0 radical (unpaired) electrons. The van der Waals surface area contributed by atoms with Crippen molar-refractivity contribution < 1.29 is 32.6 Å². The number of carboxylic acid groups (broad SMARTS) is 1. The second-order valence-corrected chi connectivity index (χ2v) is 11.1. The molecule has 208 valence electrons. The molecular formula is C30H32F3NO4S. The number of aryl methyl sites for hydroxylation is 1. The molecule has 1 saturated carbocycles. The van der Waals surface area contributed by atoms with E-state index in [0.717, 1.165) is 58.7 Å². The highest BCUT2D eigenvalue weighted by Crippen LogP contribution is 2.44. The van der Waals surface area contributed by atoms with E-state index >= 15 is 0 Å². The molecule has 0 saturated heterocycles. The fourth-order valence-corrected chi connectivity index (χ4v) is 6.26. The topological polar surface area (TPSA) is 66.8 Å². The predicted molar refractivity (Wildman–Crippen MR) is 145 cm³/mol. The SMILES string of the molecule is Cc1cc(-c2ccc(C(F)(F)F)cc2)sc1C(Oc1ccc(C(=O)N(C)CCC(=O)O)cc1)C1CCCCC1. The molecule has 1 aliphatic rings. The molecule has 3 aromatic rings. The summed E-state index contributed by atoms with van der Waals surface area (Å²) in [4.78, 5) is 26.8. The molecule has 0 bridgehead atoms. The van der Waals surface area contributed by atoms with Crippen molar-refractivity contribution in [2.45, 2.75) is 57.7 Å². The van der Waals surface area contributed by atoms with E-state index in [1.54, 1.807) is 42.6 Å². The van der Waals surface area contributed by atoms with Gasteiger partial charge in [0.05, 0.1) is 12.0 Å². The third-order valence-electron chi connectivity index (χ3n) is 7.16. The summed E-state index contributed by atoms with van der Waals surface area (Å²) in [5.74, 6) is -0.293. The minimum atomic E-state index is -4.37. The van der Waals surface area contributed by atoms with Crippen LogP contribution in [0.3, 0.4) is 0 Å². The Labute approximate surface area is 230 Å². The number of carboxylic acids is 1. The van der Waals surface area contributed by atoms with Gasteiger partial charge >= 0.3 is 12.1 Å². The average molecular weight is 560 g/mol. The van der Waals surface area contributed by atoms with Crippen molar-refractivity contribution in [3.05, 3.63) is 76.2 Å². The largest absolute Gasteiger partial charge is 0.485 e. The van der Waals surface area contributed by atoms with Gasteiger partial charge in [0.15, 0.2) is 0 Å². The number of alkyl halides is 3. The van der Waals surface area contributed by atoms with Gasteiger partial charge in [-0.05, 0) is 73.4 Å². The Morgan fingerprint density at radius 3 is 2.28 bits per heavy atom. The van der Waals surface area contributed by atoms with Crippen LogP contribution in [0.15, 0.2) is 54.6 Å². The number of carbonyl (C=O) groups excluding carboxylic acids is 1. The zero-order valence-corrected chi connectivity index (χ0v) is 22.8. The lowest BCUT2D eigenvalue weighted by Gasteiger charge is -2.31. The van der Waals surface area contributed by atoms with Gasteiger partial charge < -0.3 is 14.7 Å². The van der Waals surface area contributed by atoms with Crippen molar-refractivity contribution >= 4 is 23.2 Å². The smallest absolute Gasteiger partial charge is 0.416 e. The van der Waals surface area contributed by atoms with E-state index in [4.69, 9.17) is 9.84 Å². The lowest BCUT2D eigenvalue weighted by Crippen LogP contribution is -2.29. The minimum Gasteiger partial charge on any atom is -0.485 e. The molecule has 1 unspecified atom stereocenters. The second kappa shape index (κ2) is 12.2. The Hall–Kier alpha value is -3.33. The lowest BCUT2D eigenvalue weighted by molar-refractivity contribution is -0.138. The second-order valence-electron chi connectivity index (χ2n) is 10.1. The first-order valence-electron chi connectivity index (χ1n) is 13.0. The highest BCUT2D eigenvalue weighted by Gasteiger charge is 2.31. The maximum Gasteiger partial charge on any atom is 0.416 e. The van der Waals surface area contributed by atoms with Crippen LogP contribution >= 0.6 is 11.3 Å². The molecule has 1 atom stereocenters. The zero-order valence-electron chi connectivity index (χ0n) is 22.0. The Kier molecular flexibility index (Phi) is 9.00. The molecular weight excluding hydrogens is 527 g/mol. The van der Waals surface area contributed by atoms with Crippen molar-refractivity contribution in [1.29, 1.82) is 0 Å². The van der Waals surface area contributed by atoms with E-state index in [1.165, 1.54) is 23.5 Å². The van der Waals surface area contributed by atoms with Crippen LogP contribution in [0.25, 0.3) is 10.4 Å². The Balaban J connectivity index is 1.56. The van der Waals surface area contributed by atoms with Crippen LogP contribution in [0, 0.1) is 12.8 Å². The molecule has 4 rings (SSSR count). The number of ether oxygens (including phenoxy) is 1. The van der Waals surface area contributed by atoms with Gasteiger partial charge in [0.25, 0.3) is 5.91 Å². The van der Waals surface area contributed by atoms with Crippen LogP contribution in [0.4, 0.5) is 13.2 Å². The van der Waals surface area contributed by atoms with Gasteiger partial charge in [0.1, 0.15) is 11.9 Å². The molecule has 0 aliphatic heterocycles. The van der Waals surface area contributed by atoms with Gasteiger partial charge in [-0.2, -0.15) is 13.2 Å². The zero-order chi connectivity index (χ0) is 28.2. The fraction of sp³-hybridized carbons (Fsp3) is 0.400. The highest BCUT2D eigenvalue weighted by molar-refractivity contribution is 7.15. The summed E-state index contributed by atoms with van der Waals surface area (Å²) in [6, 6.07) is 14.1. The summed E-state index contributed by atoms with van der Waals surface area (Å²) in [6.45, 7) is 2.13. The molecule has 0 spiro atoms. The van der Waals surface area contributed by atoms with Gasteiger partial charge in [-0.3, -0.25) is 9.59 Å². The van der Waals surface area contributed by atoms with Crippen LogP contribution in [0.2, 0.25) is 0 Å². The Morgan fingerprint density at radius 2 is 1.69 bits per heavy atom. The van der Waals surface area contributed by atoms with Gasteiger partial charge in [-0.15, -0.1) is 11.3 Å². The maximum absolute atomic E-state index is 13.0. The summed E-state index contributed by atoms with van der Waals surface area (Å²) in [5.41, 5.74) is 1.55. The summed E-state index contributed by atoms with van der Waals surface area (Å²) >= 11 is 1.55. The molecule has 9 heteroatoms. The first kappa shape index (κ1) is 28.7. The number of halogens is 3. The number of rotatable bonds is 9. The molecule has 1 N–H and O–H groups in total. The number of hydrogen-bond acceptors (Lipinski definition) is 4. The van der Waals surface area contributed by atoms with E-state index in [0.29, 0.717) is 17.2 Å². The number of nitrogens with zero attached hydrogens (tertiary/aromatic N) is 1. The van der Waals surface area contributed by atoms with E-state index < -0.39 is 17.7 Å². The maximum atomic E-state index is 13.0. The third kappa shape index (κ3) is 7.20. The lowest BCUT2D eigenvalue weighted by atomic mass is 9.84. The Morgan fingerprint density at radius 1 is 1.05 bits per heavy atom. The molecule has 1 aliphatic carbocycles. The van der Waals surface area contributed by atoms with Crippen molar-refractivity contribution in [2.24, 2.45) is 5.92 Å². The van der Waals surface area contributed by atoms with Crippen molar-refractivity contribution in [2.75, 3.05) is 13.6 Å². The van der Waals surface area contributed by atoms with Crippen molar-refractivity contribution in [3.8, 4) is 16.2 Å². The third-order valence-corrected chi connectivity index (χ3v) is 8.51. The number of benzene rings is 2. The first-order chi connectivity index (χ1) is 18.5. The van der Waals surface area contributed by atoms with Crippen molar-refractivity contribution in [3.63, 3.8) is 0 Å². The monoisotopic (exact) mass is 559 g/mol. The van der Waals surface area contributed by atoms with Crippen LogP contribution in [-0.2, 0) is 11.0 Å². The minimum absolute atomic E-state index is 0.120. The molecule has 1 aromatic heterocycles. The van der Waals surface area contributed by atoms with E-state index in [2.05, 4.69) is 0 Å². The van der Waals surface area contributed by atoms with Crippen LogP contribution in [0.5, 0.6) is 5.75 Å². The fourth-order valence-electron chi connectivity index (χ4n) is 4.95. The number of hydrogen-bond donors (Lipinski definition) is 1. The molecule has 39 heavy (non-hydrogen) atoms. The molecule has 1 amide bonds. The summed E-state index contributed by atoms with van der Waals surface area (Å²) < 4.78 is 45.6. The summed E-state index contributed by atoms with van der Waals surface area (Å²) in [5, 5.41) is 8.87. The molecule has 1 fully saturated rings. The quantitative estimate of drug-likeness (QED) is 0.289. The first-order valence-corrected chi connectivity index (χ1v) is 13.9. The average Bonchev–Trinajstić information content (AvgIpc) is 3.31. The predicted octanol–water partition coefficient (Wildman–Crippen LogP) is 7.99. The molecule has 1 heterocycles. The van der Waals surface area contributed by atoms with Crippen molar-refractivity contribution in [1.82, 2.24) is 4.90 Å². The summed E-state index contributed by atoms with van der Waals surface area (Å²) in [6.07, 6.45) is 0.789. The van der Waals surface area contributed by atoms with Crippen LogP contribution in [0.1, 0.15) is 71.0 Å². The normalized spacial score (nSPS) is 15.1.